The number of hydrogen-bond donors (Lipinski definition) is 1. The summed E-state index contributed by atoms with van der Waals surface area (Å²) in [6.45, 7) is 4.42. The molecule has 2 aliphatic rings. The Kier molecular flexibility index (Phi) is 2.61. The summed E-state index contributed by atoms with van der Waals surface area (Å²) < 4.78 is 5.90. The highest BCUT2D eigenvalue weighted by Gasteiger charge is 2.49. The van der Waals surface area contributed by atoms with E-state index in [4.69, 9.17) is 4.74 Å². The van der Waals surface area contributed by atoms with Crippen LogP contribution in [0.2, 0.25) is 0 Å². The predicted octanol–water partition coefficient (Wildman–Crippen LogP) is 1.80. The van der Waals surface area contributed by atoms with E-state index in [2.05, 4.69) is 19.3 Å². The third kappa shape index (κ3) is 1.62. The van der Waals surface area contributed by atoms with Gasteiger partial charge >= 0.3 is 0 Å². The molecule has 0 aromatic carbocycles. The van der Waals surface area contributed by atoms with Crippen LogP contribution in [-0.2, 0) is 4.74 Å². The van der Waals surface area contributed by atoms with E-state index in [1.165, 1.54) is 25.7 Å². The second-order valence-electron chi connectivity index (χ2n) is 4.63. The molecule has 13 heavy (non-hydrogen) atoms. The van der Waals surface area contributed by atoms with Crippen LogP contribution in [0.1, 0.15) is 32.6 Å². The Morgan fingerprint density at radius 1 is 1.46 bits per heavy atom. The third-order valence-corrected chi connectivity index (χ3v) is 3.78. The molecule has 2 rings (SSSR count). The van der Waals surface area contributed by atoms with E-state index < -0.39 is 0 Å². The highest BCUT2D eigenvalue weighted by atomic mass is 16.5. The SMILES string of the molecule is CCC1(CNC)CCOC1C1CC1. The molecule has 2 nitrogen and oxygen atoms in total. The smallest absolute Gasteiger partial charge is 0.0672 e. The van der Waals surface area contributed by atoms with Gasteiger partial charge in [0, 0.05) is 18.6 Å². The first-order chi connectivity index (χ1) is 6.32. The van der Waals surface area contributed by atoms with E-state index >= 15 is 0 Å². The summed E-state index contributed by atoms with van der Waals surface area (Å²) in [5.74, 6) is 0.885. The Bertz CT molecular complexity index is 179. The van der Waals surface area contributed by atoms with Gasteiger partial charge in [-0.1, -0.05) is 6.92 Å². The summed E-state index contributed by atoms with van der Waals surface area (Å²) in [6, 6.07) is 0. The van der Waals surface area contributed by atoms with E-state index in [9.17, 15) is 0 Å². The zero-order chi connectivity index (χ0) is 9.31. The van der Waals surface area contributed by atoms with E-state index in [0.29, 0.717) is 11.5 Å². The quantitative estimate of drug-likeness (QED) is 0.717. The van der Waals surface area contributed by atoms with Crippen molar-refractivity contribution in [1.29, 1.82) is 0 Å². The zero-order valence-electron chi connectivity index (χ0n) is 8.81. The fourth-order valence-electron chi connectivity index (χ4n) is 2.79. The molecule has 0 radical (unpaired) electrons. The Balaban J connectivity index is 2.06. The molecular formula is C11H21NO. The minimum Gasteiger partial charge on any atom is -0.377 e. The van der Waals surface area contributed by atoms with Crippen molar-refractivity contribution < 1.29 is 4.74 Å². The van der Waals surface area contributed by atoms with Crippen LogP contribution >= 0.6 is 0 Å². The molecule has 1 heterocycles. The molecule has 0 spiro atoms. The molecule has 2 unspecified atom stereocenters. The van der Waals surface area contributed by atoms with Crippen LogP contribution in [0, 0.1) is 11.3 Å². The molecule has 2 atom stereocenters. The first-order valence-electron chi connectivity index (χ1n) is 5.58. The molecule has 2 fully saturated rings. The minimum atomic E-state index is 0.454. The lowest BCUT2D eigenvalue weighted by Gasteiger charge is -2.33. The molecular weight excluding hydrogens is 162 g/mol. The molecule has 2 heteroatoms. The number of hydrogen-bond acceptors (Lipinski definition) is 2. The fraction of sp³-hybridized carbons (Fsp3) is 1.00. The highest BCUT2D eigenvalue weighted by molar-refractivity contribution is 4.99. The molecule has 1 saturated carbocycles. The largest absolute Gasteiger partial charge is 0.377 e. The molecule has 0 aromatic heterocycles. The third-order valence-electron chi connectivity index (χ3n) is 3.78. The van der Waals surface area contributed by atoms with Crippen molar-refractivity contribution in [1.82, 2.24) is 5.32 Å². The molecule has 1 N–H and O–H groups in total. The minimum absolute atomic E-state index is 0.454. The van der Waals surface area contributed by atoms with Gasteiger partial charge in [-0.3, -0.25) is 0 Å². The number of rotatable bonds is 4. The van der Waals surface area contributed by atoms with E-state index in [1.54, 1.807) is 0 Å². The maximum absolute atomic E-state index is 5.90. The summed E-state index contributed by atoms with van der Waals surface area (Å²) in [5.41, 5.74) is 0.454. The average Bonchev–Trinajstić information content (AvgIpc) is 2.90. The van der Waals surface area contributed by atoms with Crippen LogP contribution in [0.3, 0.4) is 0 Å². The van der Waals surface area contributed by atoms with Crippen LogP contribution in [-0.4, -0.2) is 26.3 Å². The Morgan fingerprint density at radius 2 is 2.23 bits per heavy atom. The van der Waals surface area contributed by atoms with Crippen molar-refractivity contribution in [3.05, 3.63) is 0 Å². The second-order valence-corrected chi connectivity index (χ2v) is 4.63. The van der Waals surface area contributed by atoms with Gasteiger partial charge in [0.2, 0.25) is 0 Å². The second kappa shape index (κ2) is 3.58. The van der Waals surface area contributed by atoms with Gasteiger partial charge in [0.05, 0.1) is 6.10 Å². The van der Waals surface area contributed by atoms with E-state index in [0.717, 1.165) is 19.1 Å². The van der Waals surface area contributed by atoms with Crippen molar-refractivity contribution >= 4 is 0 Å². The van der Waals surface area contributed by atoms with Crippen molar-refractivity contribution in [2.24, 2.45) is 11.3 Å². The predicted molar refractivity (Wildman–Crippen MR) is 53.7 cm³/mol. The summed E-state index contributed by atoms with van der Waals surface area (Å²) >= 11 is 0. The molecule has 1 aliphatic carbocycles. The first kappa shape index (κ1) is 9.47. The van der Waals surface area contributed by atoms with Crippen molar-refractivity contribution in [2.45, 2.75) is 38.7 Å². The summed E-state index contributed by atoms with van der Waals surface area (Å²) in [4.78, 5) is 0. The van der Waals surface area contributed by atoms with Crippen molar-refractivity contribution in [3.63, 3.8) is 0 Å². The van der Waals surface area contributed by atoms with Gasteiger partial charge in [0.15, 0.2) is 0 Å². The van der Waals surface area contributed by atoms with Crippen LogP contribution in [0.5, 0.6) is 0 Å². The number of nitrogens with one attached hydrogen (secondary N) is 1. The van der Waals surface area contributed by atoms with Gasteiger partial charge in [-0.2, -0.15) is 0 Å². The standard InChI is InChI=1S/C11H21NO/c1-3-11(8-12-2)6-7-13-10(11)9-4-5-9/h9-10,12H,3-8H2,1-2H3. The summed E-state index contributed by atoms with van der Waals surface area (Å²) in [6.07, 6.45) is 5.87. The normalized spacial score (nSPS) is 39.7. The van der Waals surface area contributed by atoms with Crippen LogP contribution in [0.25, 0.3) is 0 Å². The molecule has 0 aromatic rings. The topological polar surface area (TPSA) is 21.3 Å². The van der Waals surface area contributed by atoms with Crippen LogP contribution in [0.4, 0.5) is 0 Å². The molecule has 1 saturated heterocycles. The lowest BCUT2D eigenvalue weighted by molar-refractivity contribution is 0.0296. The van der Waals surface area contributed by atoms with Gasteiger partial charge in [-0.25, -0.2) is 0 Å². The van der Waals surface area contributed by atoms with Gasteiger partial charge in [0.1, 0.15) is 0 Å². The fourth-order valence-corrected chi connectivity index (χ4v) is 2.79. The maximum atomic E-state index is 5.90. The first-order valence-corrected chi connectivity index (χ1v) is 5.58. The van der Waals surface area contributed by atoms with E-state index in [-0.39, 0.29) is 0 Å². The monoisotopic (exact) mass is 183 g/mol. The van der Waals surface area contributed by atoms with Crippen LogP contribution < -0.4 is 5.32 Å². The molecule has 76 valence electrons. The van der Waals surface area contributed by atoms with Gasteiger partial charge in [-0.15, -0.1) is 0 Å². The van der Waals surface area contributed by atoms with Gasteiger partial charge in [-0.05, 0) is 38.6 Å². The summed E-state index contributed by atoms with van der Waals surface area (Å²) in [5, 5.41) is 3.33. The molecule has 0 bridgehead atoms. The molecule has 1 aliphatic heterocycles. The molecule has 0 amide bonds. The van der Waals surface area contributed by atoms with Crippen molar-refractivity contribution in [2.75, 3.05) is 20.2 Å². The lowest BCUT2D eigenvalue weighted by atomic mass is 9.76. The zero-order valence-corrected chi connectivity index (χ0v) is 8.81. The average molecular weight is 183 g/mol. The Morgan fingerprint density at radius 3 is 2.77 bits per heavy atom. The van der Waals surface area contributed by atoms with E-state index in [1.807, 2.05) is 0 Å². The van der Waals surface area contributed by atoms with Crippen LogP contribution in [0.15, 0.2) is 0 Å². The highest BCUT2D eigenvalue weighted by Crippen LogP contribution is 2.49. The van der Waals surface area contributed by atoms with Gasteiger partial charge in [0.25, 0.3) is 0 Å². The maximum Gasteiger partial charge on any atom is 0.0672 e. The Hall–Kier alpha value is -0.0800. The van der Waals surface area contributed by atoms with Crippen molar-refractivity contribution in [3.8, 4) is 0 Å². The van der Waals surface area contributed by atoms with Gasteiger partial charge < -0.3 is 10.1 Å². The summed E-state index contributed by atoms with van der Waals surface area (Å²) in [7, 11) is 2.06. The Labute approximate surface area is 81.0 Å². The number of ether oxygens (including phenoxy) is 1. The lowest BCUT2D eigenvalue weighted by Crippen LogP contribution is -2.40.